The molecule has 5 nitrogen and oxygen atoms in total. The Balaban J connectivity index is 1.94. The molecule has 0 radical (unpaired) electrons. The van der Waals surface area contributed by atoms with Crippen LogP contribution in [0.1, 0.15) is 22.0 Å². The molecule has 1 aromatic heterocycles. The van der Waals surface area contributed by atoms with Crippen LogP contribution in [0.2, 0.25) is 0 Å². The molecule has 0 aliphatic heterocycles. The summed E-state index contributed by atoms with van der Waals surface area (Å²) in [5, 5.41) is 12.4. The maximum atomic E-state index is 11.7. The van der Waals surface area contributed by atoms with Crippen molar-refractivity contribution in [3.05, 3.63) is 70.3 Å². The van der Waals surface area contributed by atoms with Crippen LogP contribution in [0.25, 0.3) is 0 Å². The van der Waals surface area contributed by atoms with Crippen LogP contribution in [0, 0.1) is 0 Å². The lowest BCUT2D eigenvalue weighted by Gasteiger charge is -2.11. The normalized spacial score (nSPS) is 11.8. The first-order chi connectivity index (χ1) is 9.16. The second kappa shape index (κ2) is 5.97. The molecule has 1 heterocycles. The van der Waals surface area contributed by atoms with E-state index >= 15 is 0 Å². The summed E-state index contributed by atoms with van der Waals surface area (Å²) in [5.74, 6) is -0.404. The van der Waals surface area contributed by atoms with E-state index in [1.54, 1.807) is 12.1 Å². The van der Waals surface area contributed by atoms with Crippen LogP contribution in [0.3, 0.4) is 0 Å². The quantitative estimate of drug-likeness (QED) is 0.861. The van der Waals surface area contributed by atoms with Gasteiger partial charge in [0.2, 0.25) is 0 Å². The molecule has 19 heavy (non-hydrogen) atoms. The van der Waals surface area contributed by atoms with Gasteiger partial charge < -0.3 is 14.8 Å². The molecule has 1 unspecified atom stereocenters. The van der Waals surface area contributed by atoms with Crippen LogP contribution in [-0.4, -0.2) is 17.6 Å². The first-order valence-corrected chi connectivity index (χ1v) is 5.77. The fourth-order valence-electron chi connectivity index (χ4n) is 1.57. The van der Waals surface area contributed by atoms with Gasteiger partial charge in [0.25, 0.3) is 5.91 Å². The molecular formula is C14H13NO4. The molecular weight excluding hydrogens is 246 g/mol. The fraction of sp³-hybridized carbons (Fsp3) is 0.143. The van der Waals surface area contributed by atoms with Gasteiger partial charge in [0, 0.05) is 12.6 Å². The van der Waals surface area contributed by atoms with Crippen LogP contribution in [0.5, 0.6) is 0 Å². The number of rotatable bonds is 4. The molecule has 0 bridgehead atoms. The number of hydrogen-bond acceptors (Lipinski definition) is 4. The number of benzene rings is 1. The van der Waals surface area contributed by atoms with Gasteiger partial charge in [-0.1, -0.05) is 30.3 Å². The van der Waals surface area contributed by atoms with Crippen molar-refractivity contribution in [2.45, 2.75) is 6.10 Å². The predicted octanol–water partition coefficient (Wildman–Crippen LogP) is 1.10. The molecule has 2 aromatic rings. The highest BCUT2D eigenvalue weighted by molar-refractivity contribution is 5.93. The summed E-state index contributed by atoms with van der Waals surface area (Å²) >= 11 is 0. The van der Waals surface area contributed by atoms with E-state index in [2.05, 4.69) is 9.73 Å². The Hall–Kier alpha value is -2.40. The van der Waals surface area contributed by atoms with E-state index in [1.807, 2.05) is 18.2 Å². The molecule has 98 valence electrons. The second-order valence-electron chi connectivity index (χ2n) is 3.98. The molecule has 5 heteroatoms. The van der Waals surface area contributed by atoms with Crippen LogP contribution in [-0.2, 0) is 0 Å². The Bertz CT molecular complexity index is 586. The molecule has 1 amide bonds. The summed E-state index contributed by atoms with van der Waals surface area (Å²) < 4.78 is 4.59. The lowest BCUT2D eigenvalue weighted by Crippen LogP contribution is -2.28. The summed E-state index contributed by atoms with van der Waals surface area (Å²) in [6.45, 7) is 0.0853. The molecule has 0 saturated heterocycles. The molecule has 2 N–H and O–H groups in total. The summed E-state index contributed by atoms with van der Waals surface area (Å²) in [7, 11) is 0. The third-order valence-corrected chi connectivity index (χ3v) is 2.60. The van der Waals surface area contributed by atoms with Gasteiger partial charge >= 0.3 is 5.63 Å². The van der Waals surface area contributed by atoms with E-state index in [9.17, 15) is 14.7 Å². The Kier molecular flexibility index (Phi) is 4.10. The number of nitrogens with one attached hydrogen (secondary N) is 1. The highest BCUT2D eigenvalue weighted by Gasteiger charge is 2.10. The van der Waals surface area contributed by atoms with E-state index in [0.29, 0.717) is 0 Å². The Morgan fingerprint density at radius 1 is 1.21 bits per heavy atom. The maximum absolute atomic E-state index is 11.7. The molecule has 1 aromatic carbocycles. The average molecular weight is 259 g/mol. The van der Waals surface area contributed by atoms with Crippen LogP contribution in [0.15, 0.2) is 57.9 Å². The van der Waals surface area contributed by atoms with Gasteiger partial charge in [0.15, 0.2) is 0 Å². The van der Waals surface area contributed by atoms with Crippen molar-refractivity contribution in [3.8, 4) is 0 Å². The number of amides is 1. The minimum Gasteiger partial charge on any atom is -0.430 e. The van der Waals surface area contributed by atoms with Crippen molar-refractivity contribution in [1.82, 2.24) is 5.32 Å². The molecule has 0 spiro atoms. The summed E-state index contributed by atoms with van der Waals surface area (Å²) in [6, 6.07) is 11.6. The monoisotopic (exact) mass is 259 g/mol. The Labute approximate surface area is 109 Å². The van der Waals surface area contributed by atoms with Gasteiger partial charge in [-0.05, 0) is 11.6 Å². The molecule has 0 aliphatic rings. The van der Waals surface area contributed by atoms with Crippen LogP contribution >= 0.6 is 0 Å². The largest absolute Gasteiger partial charge is 0.430 e. The number of carbonyl (C=O) groups excluding carboxylic acids is 1. The predicted molar refractivity (Wildman–Crippen MR) is 68.7 cm³/mol. The molecule has 0 saturated carbocycles. The van der Waals surface area contributed by atoms with Crippen LogP contribution < -0.4 is 10.9 Å². The molecule has 2 rings (SSSR count). The number of aliphatic hydroxyl groups excluding tert-OH is 1. The van der Waals surface area contributed by atoms with E-state index in [-0.39, 0.29) is 12.1 Å². The Morgan fingerprint density at radius 2 is 1.95 bits per heavy atom. The smallest absolute Gasteiger partial charge is 0.335 e. The van der Waals surface area contributed by atoms with E-state index < -0.39 is 17.6 Å². The third kappa shape index (κ3) is 3.53. The van der Waals surface area contributed by atoms with Crippen molar-refractivity contribution >= 4 is 5.91 Å². The van der Waals surface area contributed by atoms with E-state index in [0.717, 1.165) is 11.8 Å². The van der Waals surface area contributed by atoms with Gasteiger partial charge in [0.05, 0.1) is 11.7 Å². The number of aliphatic hydroxyl groups is 1. The number of carbonyl (C=O) groups is 1. The SMILES string of the molecule is O=C(NCC(O)c1ccccc1)c1ccc(=O)oc1. The summed E-state index contributed by atoms with van der Waals surface area (Å²) in [5.41, 5.74) is 0.447. The van der Waals surface area contributed by atoms with Gasteiger partial charge in [-0.3, -0.25) is 4.79 Å². The third-order valence-electron chi connectivity index (χ3n) is 2.60. The number of hydrogen-bond donors (Lipinski definition) is 2. The van der Waals surface area contributed by atoms with Gasteiger partial charge in [0.1, 0.15) is 6.26 Å². The summed E-state index contributed by atoms with van der Waals surface area (Å²) in [6.07, 6.45) is 0.313. The molecule has 0 fully saturated rings. The van der Waals surface area contributed by atoms with Crippen molar-refractivity contribution in [3.63, 3.8) is 0 Å². The topological polar surface area (TPSA) is 79.5 Å². The standard InChI is InChI=1S/C14H13NO4/c16-12(10-4-2-1-3-5-10)8-15-14(18)11-6-7-13(17)19-9-11/h1-7,9,12,16H,8H2,(H,15,18). The van der Waals surface area contributed by atoms with E-state index in [1.165, 1.54) is 12.1 Å². The fourth-order valence-corrected chi connectivity index (χ4v) is 1.57. The van der Waals surface area contributed by atoms with Gasteiger partial charge in [-0.25, -0.2) is 4.79 Å². The second-order valence-corrected chi connectivity index (χ2v) is 3.98. The lowest BCUT2D eigenvalue weighted by atomic mass is 10.1. The minimum absolute atomic E-state index is 0.0853. The average Bonchev–Trinajstić information content (AvgIpc) is 2.46. The highest BCUT2D eigenvalue weighted by atomic mass is 16.4. The minimum atomic E-state index is -0.777. The first kappa shape index (κ1) is 13.0. The molecule has 0 aliphatic carbocycles. The van der Waals surface area contributed by atoms with Crippen LogP contribution in [0.4, 0.5) is 0 Å². The first-order valence-electron chi connectivity index (χ1n) is 5.77. The van der Waals surface area contributed by atoms with Crippen molar-refractivity contribution < 1.29 is 14.3 Å². The van der Waals surface area contributed by atoms with Crippen molar-refractivity contribution in [2.24, 2.45) is 0 Å². The van der Waals surface area contributed by atoms with Crippen molar-refractivity contribution in [2.75, 3.05) is 6.54 Å². The summed E-state index contributed by atoms with van der Waals surface area (Å²) in [4.78, 5) is 22.5. The zero-order chi connectivity index (χ0) is 13.7. The zero-order valence-corrected chi connectivity index (χ0v) is 10.1. The molecule has 1 atom stereocenters. The Morgan fingerprint density at radius 3 is 2.58 bits per heavy atom. The van der Waals surface area contributed by atoms with E-state index in [4.69, 9.17) is 0 Å². The van der Waals surface area contributed by atoms with Crippen molar-refractivity contribution in [1.29, 1.82) is 0 Å². The lowest BCUT2D eigenvalue weighted by molar-refractivity contribution is 0.0914. The highest BCUT2D eigenvalue weighted by Crippen LogP contribution is 2.10. The van der Waals surface area contributed by atoms with Gasteiger partial charge in [-0.15, -0.1) is 0 Å². The zero-order valence-electron chi connectivity index (χ0n) is 10.1. The van der Waals surface area contributed by atoms with Gasteiger partial charge in [-0.2, -0.15) is 0 Å². The maximum Gasteiger partial charge on any atom is 0.335 e.